The Hall–Kier alpha value is -1.29. The van der Waals surface area contributed by atoms with Crippen molar-refractivity contribution >= 4 is 5.95 Å². The first kappa shape index (κ1) is 13.1. The van der Waals surface area contributed by atoms with Gasteiger partial charge < -0.3 is 14.8 Å². The van der Waals surface area contributed by atoms with Gasteiger partial charge in [0, 0.05) is 25.8 Å². The Balaban J connectivity index is 1.88. The van der Waals surface area contributed by atoms with E-state index in [1.807, 2.05) is 13.0 Å². The molecule has 0 saturated carbocycles. The molecule has 2 heterocycles. The van der Waals surface area contributed by atoms with E-state index in [0.717, 1.165) is 30.6 Å². The Bertz CT molecular complexity index is 396. The van der Waals surface area contributed by atoms with E-state index in [9.17, 15) is 0 Å². The van der Waals surface area contributed by atoms with E-state index in [4.69, 9.17) is 0 Å². The minimum absolute atomic E-state index is 0.749. The van der Waals surface area contributed by atoms with Gasteiger partial charge in [0.2, 0.25) is 5.95 Å². The summed E-state index contributed by atoms with van der Waals surface area (Å²) >= 11 is 0. The lowest BCUT2D eigenvalue weighted by Gasteiger charge is -2.14. The summed E-state index contributed by atoms with van der Waals surface area (Å²) in [6, 6.07) is 0. The third kappa shape index (κ3) is 3.13. The minimum Gasteiger partial charge on any atom is -0.355 e. The summed E-state index contributed by atoms with van der Waals surface area (Å²) in [5.74, 6) is 1.72. The van der Waals surface area contributed by atoms with E-state index in [-0.39, 0.29) is 0 Å². The van der Waals surface area contributed by atoms with Crippen LogP contribution in [0.3, 0.4) is 0 Å². The number of nitrogens with one attached hydrogen (secondary N) is 1. The van der Waals surface area contributed by atoms with Gasteiger partial charge in [-0.15, -0.1) is 6.58 Å². The van der Waals surface area contributed by atoms with E-state index in [0.29, 0.717) is 0 Å². The maximum atomic E-state index is 4.52. The molecule has 0 amide bonds. The molecule has 1 aliphatic heterocycles. The molecule has 1 N–H and O–H groups in total. The van der Waals surface area contributed by atoms with E-state index >= 15 is 0 Å². The van der Waals surface area contributed by atoms with Gasteiger partial charge in [0.25, 0.3) is 0 Å². The number of anilines is 1. The fourth-order valence-corrected chi connectivity index (χ4v) is 2.57. The SMILES string of the molecule is C=CCn1cc(C)nc1NCC1CCN(CC)C1. The summed E-state index contributed by atoms with van der Waals surface area (Å²) in [6.45, 7) is 13.5. The standard InChI is InChI=1S/C14H24N4/c1-4-7-18-10-12(3)16-14(18)15-9-13-6-8-17(5-2)11-13/h4,10,13H,1,5-9,11H2,2-3H3,(H,15,16). The Morgan fingerprint density at radius 2 is 2.44 bits per heavy atom. The zero-order valence-corrected chi connectivity index (χ0v) is 11.5. The highest BCUT2D eigenvalue weighted by Crippen LogP contribution is 2.17. The van der Waals surface area contributed by atoms with Crippen LogP contribution in [0.5, 0.6) is 0 Å². The molecule has 4 nitrogen and oxygen atoms in total. The number of imidazole rings is 1. The molecular formula is C14H24N4. The maximum absolute atomic E-state index is 4.52. The molecule has 0 aromatic carbocycles. The normalized spacial score (nSPS) is 20.2. The monoisotopic (exact) mass is 248 g/mol. The highest BCUT2D eigenvalue weighted by Gasteiger charge is 2.21. The zero-order valence-electron chi connectivity index (χ0n) is 11.5. The van der Waals surface area contributed by atoms with Crippen molar-refractivity contribution in [3.63, 3.8) is 0 Å². The first-order chi connectivity index (χ1) is 8.72. The van der Waals surface area contributed by atoms with Gasteiger partial charge in [0.1, 0.15) is 0 Å². The lowest BCUT2D eigenvalue weighted by atomic mass is 10.1. The number of hydrogen-bond acceptors (Lipinski definition) is 3. The molecule has 0 spiro atoms. The molecular weight excluding hydrogens is 224 g/mol. The summed E-state index contributed by atoms with van der Waals surface area (Å²) < 4.78 is 2.12. The van der Waals surface area contributed by atoms with Crippen molar-refractivity contribution < 1.29 is 0 Å². The van der Waals surface area contributed by atoms with Crippen molar-refractivity contribution in [1.82, 2.24) is 14.5 Å². The van der Waals surface area contributed by atoms with Crippen LogP contribution in [0.4, 0.5) is 5.95 Å². The lowest BCUT2D eigenvalue weighted by molar-refractivity contribution is 0.345. The van der Waals surface area contributed by atoms with Crippen LogP contribution in [-0.2, 0) is 6.54 Å². The molecule has 1 saturated heterocycles. The van der Waals surface area contributed by atoms with E-state index in [2.05, 4.69) is 39.5 Å². The van der Waals surface area contributed by atoms with Crippen LogP contribution in [0.15, 0.2) is 18.9 Å². The third-order valence-corrected chi connectivity index (χ3v) is 3.59. The van der Waals surface area contributed by atoms with E-state index in [1.165, 1.54) is 26.1 Å². The minimum atomic E-state index is 0.749. The smallest absolute Gasteiger partial charge is 0.203 e. The number of likely N-dealkylation sites (tertiary alicyclic amines) is 1. The second-order valence-corrected chi connectivity index (χ2v) is 5.08. The van der Waals surface area contributed by atoms with Crippen LogP contribution in [0.2, 0.25) is 0 Å². The predicted molar refractivity (Wildman–Crippen MR) is 75.9 cm³/mol. The van der Waals surface area contributed by atoms with Gasteiger partial charge in [-0.2, -0.15) is 0 Å². The largest absolute Gasteiger partial charge is 0.355 e. The topological polar surface area (TPSA) is 33.1 Å². The molecule has 4 heteroatoms. The average Bonchev–Trinajstić information content (AvgIpc) is 2.94. The van der Waals surface area contributed by atoms with Crippen molar-refractivity contribution in [2.24, 2.45) is 5.92 Å². The number of aromatic nitrogens is 2. The first-order valence-electron chi connectivity index (χ1n) is 6.83. The molecule has 1 aromatic rings. The number of rotatable bonds is 6. The summed E-state index contributed by atoms with van der Waals surface area (Å²) in [7, 11) is 0. The maximum Gasteiger partial charge on any atom is 0.203 e. The molecule has 100 valence electrons. The fraction of sp³-hybridized carbons (Fsp3) is 0.643. The van der Waals surface area contributed by atoms with Crippen LogP contribution in [-0.4, -0.2) is 40.6 Å². The lowest BCUT2D eigenvalue weighted by Crippen LogP contribution is -2.23. The summed E-state index contributed by atoms with van der Waals surface area (Å²) in [4.78, 5) is 7.03. The summed E-state index contributed by atoms with van der Waals surface area (Å²) in [5, 5.41) is 3.48. The second kappa shape index (κ2) is 6.05. The van der Waals surface area contributed by atoms with Gasteiger partial charge in [-0.3, -0.25) is 0 Å². The predicted octanol–water partition coefficient (Wildman–Crippen LogP) is 2.13. The van der Waals surface area contributed by atoms with Gasteiger partial charge in [-0.1, -0.05) is 13.0 Å². The molecule has 2 rings (SSSR count). The van der Waals surface area contributed by atoms with Crippen LogP contribution >= 0.6 is 0 Å². The first-order valence-corrected chi connectivity index (χ1v) is 6.83. The molecule has 1 atom stereocenters. The summed E-state index contributed by atoms with van der Waals surface area (Å²) in [6.07, 6.45) is 5.26. The van der Waals surface area contributed by atoms with Crippen LogP contribution in [0.25, 0.3) is 0 Å². The highest BCUT2D eigenvalue weighted by atomic mass is 15.2. The quantitative estimate of drug-likeness (QED) is 0.783. The Morgan fingerprint density at radius 3 is 3.11 bits per heavy atom. The van der Waals surface area contributed by atoms with Crippen molar-refractivity contribution in [2.45, 2.75) is 26.8 Å². The summed E-state index contributed by atoms with van der Waals surface area (Å²) in [5.41, 5.74) is 1.06. The van der Waals surface area contributed by atoms with Crippen LogP contribution < -0.4 is 5.32 Å². The van der Waals surface area contributed by atoms with Gasteiger partial charge in [-0.25, -0.2) is 4.98 Å². The van der Waals surface area contributed by atoms with Crippen LogP contribution in [0, 0.1) is 12.8 Å². The Labute approximate surface area is 110 Å². The average molecular weight is 248 g/mol. The molecule has 0 bridgehead atoms. The molecule has 0 radical (unpaired) electrons. The molecule has 1 aromatic heterocycles. The molecule has 1 unspecified atom stereocenters. The Kier molecular flexibility index (Phi) is 4.42. The van der Waals surface area contributed by atoms with E-state index < -0.39 is 0 Å². The molecule has 18 heavy (non-hydrogen) atoms. The second-order valence-electron chi connectivity index (χ2n) is 5.08. The molecule has 1 aliphatic rings. The number of aryl methyl sites for hydroxylation is 1. The van der Waals surface area contributed by atoms with Gasteiger partial charge >= 0.3 is 0 Å². The molecule has 0 aliphatic carbocycles. The van der Waals surface area contributed by atoms with Crippen LogP contribution in [0.1, 0.15) is 19.0 Å². The van der Waals surface area contributed by atoms with Crippen molar-refractivity contribution in [3.8, 4) is 0 Å². The fourth-order valence-electron chi connectivity index (χ4n) is 2.57. The number of nitrogens with zero attached hydrogens (tertiary/aromatic N) is 3. The van der Waals surface area contributed by atoms with Gasteiger partial charge in [0.05, 0.1) is 5.69 Å². The zero-order chi connectivity index (χ0) is 13.0. The van der Waals surface area contributed by atoms with Crippen molar-refractivity contribution in [1.29, 1.82) is 0 Å². The van der Waals surface area contributed by atoms with Gasteiger partial charge in [0.15, 0.2) is 0 Å². The van der Waals surface area contributed by atoms with Crippen molar-refractivity contribution in [3.05, 3.63) is 24.5 Å². The van der Waals surface area contributed by atoms with Crippen molar-refractivity contribution in [2.75, 3.05) is 31.5 Å². The highest BCUT2D eigenvalue weighted by molar-refractivity contribution is 5.29. The number of hydrogen-bond donors (Lipinski definition) is 1. The van der Waals surface area contributed by atoms with E-state index in [1.54, 1.807) is 0 Å². The Morgan fingerprint density at radius 1 is 1.61 bits per heavy atom. The molecule has 1 fully saturated rings. The van der Waals surface area contributed by atoms with Gasteiger partial charge in [-0.05, 0) is 32.4 Å². The third-order valence-electron chi connectivity index (χ3n) is 3.59. The number of allylic oxidation sites excluding steroid dienone is 1.